The normalized spacial score (nSPS) is 15.0. The second-order valence-corrected chi connectivity index (χ2v) is 8.27. The molecular weight excluding hydrogens is 422 g/mol. The molecule has 3 rings (SSSR count). The summed E-state index contributed by atoms with van der Waals surface area (Å²) in [7, 11) is 0. The standard InChI is InChI=1S/C22H21NO5S2/c1-4-27-17-7-5-6-15(20(17)28-12-19(24)25)11-18-21(26)23(22(29)30-18)16-9-8-13(2)10-14(16)3/h5-11H,4,12H2,1-3H3,(H,24,25)/b18-11+. The third-order valence-electron chi connectivity index (χ3n) is 4.32. The molecule has 0 saturated carbocycles. The number of thioether (sulfide) groups is 1. The molecule has 6 nitrogen and oxygen atoms in total. The highest BCUT2D eigenvalue weighted by Gasteiger charge is 2.34. The Labute approximate surface area is 184 Å². The number of ether oxygens (including phenoxy) is 2. The summed E-state index contributed by atoms with van der Waals surface area (Å²) in [6.07, 6.45) is 1.66. The zero-order chi connectivity index (χ0) is 21.8. The number of anilines is 1. The van der Waals surface area contributed by atoms with E-state index in [1.54, 1.807) is 24.3 Å². The van der Waals surface area contributed by atoms with Crippen LogP contribution in [-0.2, 0) is 9.59 Å². The first-order valence-corrected chi connectivity index (χ1v) is 10.5. The number of amides is 1. The van der Waals surface area contributed by atoms with Crippen LogP contribution in [0.4, 0.5) is 5.69 Å². The van der Waals surface area contributed by atoms with Crippen LogP contribution in [0, 0.1) is 13.8 Å². The highest BCUT2D eigenvalue weighted by Crippen LogP contribution is 2.40. The van der Waals surface area contributed by atoms with Crippen LogP contribution in [0.15, 0.2) is 41.3 Å². The molecule has 1 amide bonds. The van der Waals surface area contributed by atoms with Crippen molar-refractivity contribution in [2.24, 2.45) is 0 Å². The molecule has 0 radical (unpaired) electrons. The number of carbonyl (C=O) groups excluding carboxylic acids is 1. The number of aryl methyl sites for hydroxylation is 2. The van der Waals surface area contributed by atoms with Gasteiger partial charge in [-0.1, -0.05) is 53.8 Å². The molecule has 0 aromatic heterocycles. The molecule has 1 heterocycles. The summed E-state index contributed by atoms with van der Waals surface area (Å²) < 4.78 is 11.5. The third-order valence-corrected chi connectivity index (χ3v) is 5.62. The van der Waals surface area contributed by atoms with Gasteiger partial charge in [-0.05, 0) is 44.5 Å². The van der Waals surface area contributed by atoms with Crippen LogP contribution in [-0.4, -0.2) is 34.5 Å². The molecule has 2 aromatic carbocycles. The van der Waals surface area contributed by atoms with E-state index in [9.17, 15) is 9.59 Å². The Hall–Kier alpha value is -2.84. The monoisotopic (exact) mass is 443 g/mol. The predicted octanol–water partition coefficient (Wildman–Crippen LogP) is 4.57. The molecule has 1 fully saturated rings. The summed E-state index contributed by atoms with van der Waals surface area (Å²) in [4.78, 5) is 26.1. The first kappa shape index (κ1) is 21.9. The molecule has 0 unspecified atom stereocenters. The first-order valence-electron chi connectivity index (χ1n) is 9.27. The maximum absolute atomic E-state index is 13.1. The quantitative estimate of drug-likeness (QED) is 0.496. The van der Waals surface area contributed by atoms with Crippen molar-refractivity contribution in [3.63, 3.8) is 0 Å². The zero-order valence-corrected chi connectivity index (χ0v) is 18.4. The highest BCUT2D eigenvalue weighted by atomic mass is 32.2. The van der Waals surface area contributed by atoms with Crippen molar-refractivity contribution >= 4 is 51.9 Å². The average molecular weight is 444 g/mol. The van der Waals surface area contributed by atoms with Crippen molar-refractivity contribution in [3.8, 4) is 11.5 Å². The number of rotatable bonds is 7. The number of para-hydroxylation sites is 1. The molecule has 0 bridgehead atoms. The Morgan fingerprint density at radius 1 is 1.23 bits per heavy atom. The van der Waals surface area contributed by atoms with E-state index in [4.69, 9.17) is 26.8 Å². The van der Waals surface area contributed by atoms with Gasteiger partial charge in [0.1, 0.15) is 0 Å². The van der Waals surface area contributed by atoms with Gasteiger partial charge in [-0.3, -0.25) is 9.69 Å². The average Bonchev–Trinajstić information content (AvgIpc) is 2.95. The molecule has 156 valence electrons. The molecule has 0 atom stereocenters. The summed E-state index contributed by atoms with van der Waals surface area (Å²) in [5.41, 5.74) is 3.35. The van der Waals surface area contributed by atoms with Crippen LogP contribution in [0.3, 0.4) is 0 Å². The number of nitrogens with zero attached hydrogens (tertiary/aromatic N) is 1. The molecule has 1 aliphatic heterocycles. The SMILES string of the molecule is CCOc1cccc(/C=C2/SC(=S)N(c3ccc(C)cc3C)C2=O)c1OCC(=O)O. The Morgan fingerprint density at radius 2 is 2.00 bits per heavy atom. The second-order valence-electron chi connectivity index (χ2n) is 6.60. The Kier molecular flexibility index (Phi) is 6.79. The maximum atomic E-state index is 13.1. The van der Waals surface area contributed by atoms with Crippen LogP contribution in [0.5, 0.6) is 11.5 Å². The van der Waals surface area contributed by atoms with E-state index in [0.29, 0.717) is 27.1 Å². The number of carbonyl (C=O) groups is 2. The van der Waals surface area contributed by atoms with Gasteiger partial charge in [-0.15, -0.1) is 0 Å². The molecule has 1 aliphatic rings. The molecule has 8 heteroatoms. The molecule has 0 spiro atoms. The van der Waals surface area contributed by atoms with Crippen LogP contribution >= 0.6 is 24.0 Å². The lowest BCUT2D eigenvalue weighted by molar-refractivity contribution is -0.139. The van der Waals surface area contributed by atoms with Crippen molar-refractivity contribution in [1.29, 1.82) is 0 Å². The van der Waals surface area contributed by atoms with Gasteiger partial charge < -0.3 is 14.6 Å². The molecule has 1 saturated heterocycles. The number of carboxylic acids is 1. The molecule has 2 aromatic rings. The van der Waals surface area contributed by atoms with Gasteiger partial charge in [-0.25, -0.2) is 4.79 Å². The Morgan fingerprint density at radius 3 is 2.67 bits per heavy atom. The van der Waals surface area contributed by atoms with Gasteiger partial charge in [0.25, 0.3) is 5.91 Å². The lowest BCUT2D eigenvalue weighted by atomic mass is 10.1. The number of aliphatic carboxylic acids is 1. The third kappa shape index (κ3) is 4.66. The summed E-state index contributed by atoms with van der Waals surface area (Å²) in [5.74, 6) is -0.646. The van der Waals surface area contributed by atoms with Gasteiger partial charge in [0.15, 0.2) is 22.4 Å². The van der Waals surface area contributed by atoms with Crippen molar-refractivity contribution in [2.75, 3.05) is 18.1 Å². The summed E-state index contributed by atoms with van der Waals surface area (Å²) in [6, 6.07) is 11.0. The minimum absolute atomic E-state index is 0.233. The lowest BCUT2D eigenvalue weighted by Gasteiger charge is -2.17. The van der Waals surface area contributed by atoms with Gasteiger partial charge >= 0.3 is 5.97 Å². The molecule has 0 aliphatic carbocycles. The van der Waals surface area contributed by atoms with Gasteiger partial charge in [0.05, 0.1) is 17.2 Å². The number of carboxylic acid groups (broad SMARTS) is 1. The number of benzene rings is 2. The van der Waals surface area contributed by atoms with Crippen LogP contribution in [0.25, 0.3) is 6.08 Å². The van der Waals surface area contributed by atoms with E-state index >= 15 is 0 Å². The van der Waals surface area contributed by atoms with Crippen LogP contribution in [0.1, 0.15) is 23.6 Å². The fraction of sp³-hybridized carbons (Fsp3) is 0.227. The number of hydrogen-bond acceptors (Lipinski definition) is 6. The summed E-state index contributed by atoms with van der Waals surface area (Å²) in [6.45, 7) is 5.62. The van der Waals surface area contributed by atoms with Gasteiger partial charge in [0, 0.05) is 5.56 Å². The van der Waals surface area contributed by atoms with E-state index in [1.165, 1.54) is 16.7 Å². The van der Waals surface area contributed by atoms with E-state index in [1.807, 2.05) is 39.0 Å². The van der Waals surface area contributed by atoms with Crippen LogP contribution < -0.4 is 14.4 Å². The van der Waals surface area contributed by atoms with Gasteiger partial charge in [-0.2, -0.15) is 0 Å². The first-order chi connectivity index (χ1) is 14.3. The molecule has 1 N–H and O–H groups in total. The minimum atomic E-state index is -1.10. The largest absolute Gasteiger partial charge is 0.490 e. The summed E-state index contributed by atoms with van der Waals surface area (Å²) >= 11 is 6.66. The highest BCUT2D eigenvalue weighted by molar-refractivity contribution is 8.27. The van der Waals surface area contributed by atoms with Crippen molar-refractivity contribution in [1.82, 2.24) is 0 Å². The van der Waals surface area contributed by atoms with E-state index in [2.05, 4.69) is 0 Å². The fourth-order valence-electron chi connectivity index (χ4n) is 3.08. The maximum Gasteiger partial charge on any atom is 0.341 e. The zero-order valence-electron chi connectivity index (χ0n) is 16.8. The topological polar surface area (TPSA) is 76.1 Å². The smallest absolute Gasteiger partial charge is 0.341 e. The van der Waals surface area contributed by atoms with E-state index < -0.39 is 12.6 Å². The van der Waals surface area contributed by atoms with Crippen molar-refractivity contribution in [3.05, 3.63) is 58.0 Å². The molecule has 30 heavy (non-hydrogen) atoms. The van der Waals surface area contributed by atoms with Gasteiger partial charge in [0.2, 0.25) is 0 Å². The number of hydrogen-bond donors (Lipinski definition) is 1. The van der Waals surface area contributed by atoms with Crippen LogP contribution in [0.2, 0.25) is 0 Å². The van der Waals surface area contributed by atoms with E-state index in [-0.39, 0.29) is 11.7 Å². The predicted molar refractivity (Wildman–Crippen MR) is 122 cm³/mol. The van der Waals surface area contributed by atoms with Crippen molar-refractivity contribution < 1.29 is 24.2 Å². The lowest BCUT2D eigenvalue weighted by Crippen LogP contribution is -2.28. The van der Waals surface area contributed by atoms with Crippen molar-refractivity contribution in [2.45, 2.75) is 20.8 Å². The number of thiocarbonyl (C=S) groups is 1. The summed E-state index contributed by atoms with van der Waals surface area (Å²) in [5, 5.41) is 8.99. The van der Waals surface area contributed by atoms with E-state index in [0.717, 1.165) is 16.8 Å². The Bertz CT molecular complexity index is 1050. The minimum Gasteiger partial charge on any atom is -0.490 e. The second kappa shape index (κ2) is 9.32. The molecular formula is C22H21NO5S2. The fourth-order valence-corrected chi connectivity index (χ4v) is 4.35. The Balaban J connectivity index is 1.99.